The van der Waals surface area contributed by atoms with Gasteiger partial charge in [0.25, 0.3) is 0 Å². The van der Waals surface area contributed by atoms with Gasteiger partial charge in [-0.2, -0.15) is 0 Å². The Morgan fingerprint density at radius 3 is 2.53 bits per heavy atom. The fraction of sp³-hybridized carbons (Fsp3) is 0.444. The SMILES string of the molecule is Cc1nc(NC(=O)N[C@H](CO)C(=O)O)sc1C. The summed E-state index contributed by atoms with van der Waals surface area (Å²) >= 11 is 1.29. The summed E-state index contributed by atoms with van der Waals surface area (Å²) < 4.78 is 0. The Bertz CT molecular complexity index is 412. The minimum atomic E-state index is -1.32. The van der Waals surface area contributed by atoms with Crippen molar-refractivity contribution in [3.8, 4) is 0 Å². The maximum Gasteiger partial charge on any atom is 0.328 e. The van der Waals surface area contributed by atoms with E-state index in [4.69, 9.17) is 10.2 Å². The summed E-state index contributed by atoms with van der Waals surface area (Å²) in [5.74, 6) is -1.30. The third-order valence-electron chi connectivity index (χ3n) is 2.03. The average Bonchev–Trinajstić information content (AvgIpc) is 2.54. The first-order valence-corrected chi connectivity index (χ1v) is 5.61. The molecule has 0 aliphatic heterocycles. The quantitative estimate of drug-likeness (QED) is 0.622. The Morgan fingerprint density at radius 1 is 1.47 bits per heavy atom. The number of aliphatic hydroxyl groups is 1. The van der Waals surface area contributed by atoms with Crippen molar-refractivity contribution in [3.63, 3.8) is 0 Å². The zero-order valence-electron chi connectivity index (χ0n) is 9.35. The number of rotatable bonds is 4. The molecule has 7 nitrogen and oxygen atoms in total. The van der Waals surface area contributed by atoms with Crippen molar-refractivity contribution >= 4 is 28.5 Å². The summed E-state index contributed by atoms with van der Waals surface area (Å²) in [5.41, 5.74) is 0.808. The van der Waals surface area contributed by atoms with Gasteiger partial charge in [-0.25, -0.2) is 14.6 Å². The van der Waals surface area contributed by atoms with Crippen molar-refractivity contribution < 1.29 is 19.8 Å². The van der Waals surface area contributed by atoms with E-state index in [1.165, 1.54) is 11.3 Å². The molecule has 0 fully saturated rings. The molecule has 0 spiro atoms. The van der Waals surface area contributed by atoms with Crippen LogP contribution in [0, 0.1) is 13.8 Å². The Labute approximate surface area is 101 Å². The second-order valence-electron chi connectivity index (χ2n) is 3.33. The number of carbonyl (C=O) groups is 2. The lowest BCUT2D eigenvalue weighted by Gasteiger charge is -2.11. The van der Waals surface area contributed by atoms with Crippen LogP contribution in [0.2, 0.25) is 0 Å². The fourth-order valence-electron chi connectivity index (χ4n) is 1.00. The number of hydrogen-bond acceptors (Lipinski definition) is 5. The molecule has 0 radical (unpaired) electrons. The first-order valence-electron chi connectivity index (χ1n) is 4.79. The average molecular weight is 259 g/mol. The summed E-state index contributed by atoms with van der Waals surface area (Å²) in [5, 5.41) is 22.2. The topological polar surface area (TPSA) is 112 Å². The van der Waals surface area contributed by atoms with Crippen LogP contribution in [0.5, 0.6) is 0 Å². The van der Waals surface area contributed by atoms with Crippen molar-refractivity contribution in [2.24, 2.45) is 0 Å². The van der Waals surface area contributed by atoms with Crippen molar-refractivity contribution in [2.75, 3.05) is 11.9 Å². The molecular formula is C9H13N3O4S. The first kappa shape index (κ1) is 13.4. The third kappa shape index (κ3) is 3.68. The van der Waals surface area contributed by atoms with E-state index in [1.807, 2.05) is 13.8 Å². The number of nitrogens with zero attached hydrogens (tertiary/aromatic N) is 1. The van der Waals surface area contributed by atoms with Gasteiger partial charge in [0.1, 0.15) is 0 Å². The van der Waals surface area contributed by atoms with Gasteiger partial charge in [0.05, 0.1) is 12.3 Å². The van der Waals surface area contributed by atoms with Crippen LogP contribution >= 0.6 is 11.3 Å². The normalized spacial score (nSPS) is 11.9. The predicted molar refractivity (Wildman–Crippen MR) is 62.3 cm³/mol. The third-order valence-corrected chi connectivity index (χ3v) is 3.02. The fourth-order valence-corrected chi connectivity index (χ4v) is 1.81. The highest BCUT2D eigenvalue weighted by atomic mass is 32.1. The molecule has 0 saturated carbocycles. The number of nitrogens with one attached hydrogen (secondary N) is 2. The second kappa shape index (κ2) is 5.60. The van der Waals surface area contributed by atoms with Crippen LogP contribution in [0.1, 0.15) is 10.6 Å². The lowest BCUT2D eigenvalue weighted by Crippen LogP contribution is -2.45. The zero-order chi connectivity index (χ0) is 13.0. The molecule has 1 heterocycles. The number of urea groups is 1. The molecule has 94 valence electrons. The number of aromatic nitrogens is 1. The van der Waals surface area contributed by atoms with Crippen molar-refractivity contribution in [1.82, 2.24) is 10.3 Å². The highest BCUT2D eigenvalue weighted by Crippen LogP contribution is 2.20. The molecule has 0 saturated heterocycles. The molecule has 1 aromatic heterocycles. The number of carbonyl (C=O) groups excluding carboxylic acids is 1. The molecule has 0 unspecified atom stereocenters. The Hall–Kier alpha value is -1.67. The highest BCUT2D eigenvalue weighted by molar-refractivity contribution is 7.15. The standard InChI is InChI=1S/C9H13N3O4S/c1-4-5(2)17-9(10-4)12-8(16)11-6(3-13)7(14)15/h6,13H,3H2,1-2H3,(H,14,15)(H2,10,11,12,16)/t6-/m1/s1. The lowest BCUT2D eigenvalue weighted by molar-refractivity contribution is -0.140. The van der Waals surface area contributed by atoms with Crippen LogP contribution in [0.15, 0.2) is 0 Å². The van der Waals surface area contributed by atoms with Gasteiger partial charge in [0.15, 0.2) is 11.2 Å². The molecule has 0 aliphatic carbocycles. The monoisotopic (exact) mass is 259 g/mol. The number of hydrogen-bond donors (Lipinski definition) is 4. The number of anilines is 1. The number of aryl methyl sites for hydroxylation is 2. The zero-order valence-corrected chi connectivity index (χ0v) is 10.2. The summed E-state index contributed by atoms with van der Waals surface area (Å²) in [7, 11) is 0. The van der Waals surface area contributed by atoms with Crippen LogP contribution in [0.25, 0.3) is 0 Å². The Morgan fingerprint density at radius 2 is 2.12 bits per heavy atom. The van der Waals surface area contributed by atoms with Crippen molar-refractivity contribution in [2.45, 2.75) is 19.9 Å². The number of aliphatic hydroxyl groups excluding tert-OH is 1. The summed E-state index contributed by atoms with van der Waals surface area (Å²) in [6, 6.07) is -2.03. The van der Waals surface area contributed by atoms with Gasteiger partial charge in [-0.1, -0.05) is 0 Å². The van der Waals surface area contributed by atoms with E-state index in [9.17, 15) is 9.59 Å². The largest absolute Gasteiger partial charge is 0.480 e. The van der Waals surface area contributed by atoms with E-state index in [0.29, 0.717) is 5.13 Å². The number of carboxylic acids is 1. The molecule has 1 rings (SSSR count). The summed E-state index contributed by atoms with van der Waals surface area (Å²) in [6.45, 7) is 3.01. The van der Waals surface area contributed by atoms with Crippen LogP contribution in [-0.2, 0) is 4.79 Å². The van der Waals surface area contributed by atoms with Gasteiger partial charge >= 0.3 is 12.0 Å². The van der Waals surface area contributed by atoms with Gasteiger partial charge in [0.2, 0.25) is 0 Å². The van der Waals surface area contributed by atoms with Crippen molar-refractivity contribution in [1.29, 1.82) is 0 Å². The van der Waals surface area contributed by atoms with E-state index in [-0.39, 0.29) is 0 Å². The minimum absolute atomic E-state index is 0.388. The van der Waals surface area contributed by atoms with Gasteiger partial charge in [-0.3, -0.25) is 5.32 Å². The molecule has 8 heteroatoms. The summed E-state index contributed by atoms with van der Waals surface area (Å²) in [6.07, 6.45) is 0. The molecule has 0 aliphatic rings. The van der Waals surface area contributed by atoms with Crippen LogP contribution in [-0.4, -0.2) is 39.8 Å². The summed E-state index contributed by atoms with van der Waals surface area (Å²) in [4.78, 5) is 27.0. The lowest BCUT2D eigenvalue weighted by atomic mass is 10.3. The molecule has 1 atom stereocenters. The van der Waals surface area contributed by atoms with Gasteiger partial charge in [0, 0.05) is 4.88 Å². The van der Waals surface area contributed by atoms with E-state index >= 15 is 0 Å². The number of thiazole rings is 1. The molecule has 4 N–H and O–H groups in total. The molecule has 1 aromatic rings. The van der Waals surface area contributed by atoms with Crippen LogP contribution in [0.3, 0.4) is 0 Å². The van der Waals surface area contributed by atoms with Gasteiger partial charge in [-0.05, 0) is 13.8 Å². The smallest absolute Gasteiger partial charge is 0.328 e. The van der Waals surface area contributed by atoms with E-state index in [0.717, 1.165) is 10.6 Å². The van der Waals surface area contributed by atoms with E-state index < -0.39 is 24.6 Å². The maximum absolute atomic E-state index is 11.4. The highest BCUT2D eigenvalue weighted by Gasteiger charge is 2.19. The van der Waals surface area contributed by atoms with E-state index in [1.54, 1.807) is 0 Å². The molecule has 0 aromatic carbocycles. The van der Waals surface area contributed by atoms with Gasteiger partial charge < -0.3 is 15.5 Å². The Balaban J connectivity index is 2.57. The molecular weight excluding hydrogens is 246 g/mol. The number of carboxylic acid groups (broad SMARTS) is 1. The maximum atomic E-state index is 11.4. The number of aliphatic carboxylic acids is 1. The minimum Gasteiger partial charge on any atom is -0.480 e. The molecule has 0 bridgehead atoms. The second-order valence-corrected chi connectivity index (χ2v) is 4.54. The first-order chi connectivity index (χ1) is 7.93. The molecule has 2 amide bonds. The van der Waals surface area contributed by atoms with Gasteiger partial charge in [-0.15, -0.1) is 11.3 Å². The molecule has 17 heavy (non-hydrogen) atoms. The van der Waals surface area contributed by atoms with Crippen LogP contribution < -0.4 is 10.6 Å². The predicted octanol–water partition coefficient (Wildman–Crippen LogP) is 0.327. The van der Waals surface area contributed by atoms with E-state index in [2.05, 4.69) is 15.6 Å². The Kier molecular flexibility index (Phi) is 4.41. The van der Waals surface area contributed by atoms with Crippen LogP contribution in [0.4, 0.5) is 9.93 Å². The van der Waals surface area contributed by atoms with Crippen molar-refractivity contribution in [3.05, 3.63) is 10.6 Å². The number of amides is 2.